The number of benzene rings is 2. The van der Waals surface area contributed by atoms with Crippen molar-refractivity contribution in [1.82, 2.24) is 4.98 Å². The zero-order valence-corrected chi connectivity index (χ0v) is 13.0. The first-order valence-corrected chi connectivity index (χ1v) is 7.49. The molecule has 1 atom stereocenters. The smallest absolute Gasteiger partial charge is 0.254 e. The normalized spacial score (nSPS) is 13.7. The standard InChI is InChI=1S/C18H15ClN2O2/c19-15-6-2-1-4-13(15)11-18(23,17(20)22)14-8-7-12-5-3-9-21-16(12)10-14/h1-10,23H,11H2,(H2,20,22). The van der Waals surface area contributed by atoms with Gasteiger partial charge in [-0.2, -0.15) is 0 Å². The minimum Gasteiger partial charge on any atom is -0.375 e. The van der Waals surface area contributed by atoms with Crippen molar-refractivity contribution in [1.29, 1.82) is 0 Å². The molecule has 0 aliphatic carbocycles. The number of amides is 1. The lowest BCUT2D eigenvalue weighted by molar-refractivity contribution is -0.137. The van der Waals surface area contributed by atoms with Gasteiger partial charge in [-0.15, -0.1) is 0 Å². The van der Waals surface area contributed by atoms with Crippen LogP contribution in [0.2, 0.25) is 5.02 Å². The summed E-state index contributed by atoms with van der Waals surface area (Å²) in [5.74, 6) is -0.826. The van der Waals surface area contributed by atoms with Gasteiger partial charge in [-0.05, 0) is 29.3 Å². The molecule has 1 unspecified atom stereocenters. The number of aliphatic hydroxyl groups is 1. The molecule has 3 rings (SSSR count). The van der Waals surface area contributed by atoms with Crippen molar-refractivity contribution in [2.75, 3.05) is 0 Å². The predicted molar refractivity (Wildman–Crippen MR) is 90.0 cm³/mol. The summed E-state index contributed by atoms with van der Waals surface area (Å²) in [6.07, 6.45) is 1.66. The second-order valence-electron chi connectivity index (χ2n) is 5.40. The molecule has 0 radical (unpaired) electrons. The number of nitrogens with two attached hydrogens (primary N) is 1. The first-order chi connectivity index (χ1) is 11.0. The van der Waals surface area contributed by atoms with Gasteiger partial charge in [0.15, 0.2) is 5.60 Å². The molecule has 0 bridgehead atoms. The van der Waals surface area contributed by atoms with Gasteiger partial charge < -0.3 is 10.8 Å². The molecule has 3 N–H and O–H groups in total. The van der Waals surface area contributed by atoms with Gasteiger partial charge in [0.05, 0.1) is 5.52 Å². The summed E-state index contributed by atoms with van der Waals surface area (Å²) >= 11 is 6.14. The third-order valence-electron chi connectivity index (χ3n) is 3.90. The van der Waals surface area contributed by atoms with Crippen molar-refractivity contribution in [3.63, 3.8) is 0 Å². The van der Waals surface area contributed by atoms with Crippen molar-refractivity contribution >= 4 is 28.4 Å². The summed E-state index contributed by atoms with van der Waals surface area (Å²) in [5.41, 5.74) is 5.37. The van der Waals surface area contributed by atoms with Gasteiger partial charge in [-0.3, -0.25) is 9.78 Å². The molecule has 3 aromatic rings. The fourth-order valence-electron chi connectivity index (χ4n) is 2.57. The van der Waals surface area contributed by atoms with Crippen LogP contribution in [0.5, 0.6) is 0 Å². The fraction of sp³-hybridized carbons (Fsp3) is 0.111. The van der Waals surface area contributed by atoms with Gasteiger partial charge in [0.2, 0.25) is 0 Å². The minimum atomic E-state index is -1.85. The van der Waals surface area contributed by atoms with E-state index in [0.717, 1.165) is 5.39 Å². The molecule has 23 heavy (non-hydrogen) atoms. The van der Waals surface area contributed by atoms with Gasteiger partial charge in [-0.1, -0.05) is 48.0 Å². The lowest BCUT2D eigenvalue weighted by Gasteiger charge is -2.26. The Bertz CT molecular complexity index is 882. The predicted octanol–water partition coefficient (Wildman–Crippen LogP) is 2.80. The first-order valence-electron chi connectivity index (χ1n) is 7.12. The average molecular weight is 327 g/mol. The SMILES string of the molecule is NC(=O)C(O)(Cc1ccccc1Cl)c1ccc2cccnc2c1. The Labute approximate surface area is 138 Å². The van der Waals surface area contributed by atoms with Gasteiger partial charge in [-0.25, -0.2) is 0 Å². The van der Waals surface area contributed by atoms with E-state index in [4.69, 9.17) is 17.3 Å². The highest BCUT2D eigenvalue weighted by Gasteiger charge is 2.37. The molecular weight excluding hydrogens is 312 g/mol. The molecule has 1 heterocycles. The average Bonchev–Trinajstić information content (AvgIpc) is 2.56. The summed E-state index contributed by atoms with van der Waals surface area (Å²) in [6.45, 7) is 0. The highest BCUT2D eigenvalue weighted by molar-refractivity contribution is 6.31. The quantitative estimate of drug-likeness (QED) is 0.774. The Morgan fingerprint density at radius 1 is 1.17 bits per heavy atom. The maximum atomic E-state index is 12.0. The van der Waals surface area contributed by atoms with Crippen LogP contribution in [-0.2, 0) is 16.8 Å². The van der Waals surface area contributed by atoms with Crippen LogP contribution < -0.4 is 5.73 Å². The largest absolute Gasteiger partial charge is 0.375 e. The zero-order valence-electron chi connectivity index (χ0n) is 12.2. The van der Waals surface area contributed by atoms with E-state index in [1.165, 1.54) is 0 Å². The van der Waals surface area contributed by atoms with Gasteiger partial charge in [0.25, 0.3) is 5.91 Å². The van der Waals surface area contributed by atoms with E-state index >= 15 is 0 Å². The maximum absolute atomic E-state index is 12.0. The number of halogens is 1. The second kappa shape index (κ2) is 5.99. The monoisotopic (exact) mass is 326 g/mol. The maximum Gasteiger partial charge on any atom is 0.254 e. The zero-order chi connectivity index (χ0) is 16.4. The summed E-state index contributed by atoms with van der Waals surface area (Å²) in [7, 11) is 0. The molecule has 2 aromatic carbocycles. The number of hydrogen-bond donors (Lipinski definition) is 2. The molecule has 0 aliphatic heterocycles. The molecule has 5 heteroatoms. The van der Waals surface area contributed by atoms with Gasteiger partial charge >= 0.3 is 0 Å². The Kier molecular flexibility index (Phi) is 4.03. The molecule has 1 amide bonds. The number of aromatic nitrogens is 1. The Hall–Kier alpha value is -2.43. The lowest BCUT2D eigenvalue weighted by atomic mass is 9.86. The number of carbonyl (C=O) groups excluding carboxylic acids is 1. The second-order valence-corrected chi connectivity index (χ2v) is 5.81. The van der Waals surface area contributed by atoms with E-state index in [0.29, 0.717) is 21.7 Å². The van der Waals surface area contributed by atoms with Crippen molar-refractivity contribution in [2.24, 2.45) is 5.73 Å². The number of hydrogen-bond acceptors (Lipinski definition) is 3. The topological polar surface area (TPSA) is 76.2 Å². The van der Waals surface area contributed by atoms with Crippen LogP contribution in [0.25, 0.3) is 10.9 Å². The molecule has 1 aromatic heterocycles. The highest BCUT2D eigenvalue weighted by Crippen LogP contribution is 2.30. The molecular formula is C18H15ClN2O2. The molecule has 116 valence electrons. The Morgan fingerprint density at radius 2 is 1.96 bits per heavy atom. The van der Waals surface area contributed by atoms with E-state index in [1.807, 2.05) is 12.1 Å². The van der Waals surface area contributed by atoms with E-state index in [2.05, 4.69) is 4.98 Å². The van der Waals surface area contributed by atoms with Crippen molar-refractivity contribution in [2.45, 2.75) is 12.0 Å². The van der Waals surface area contributed by atoms with E-state index in [-0.39, 0.29) is 6.42 Å². The lowest BCUT2D eigenvalue weighted by Crippen LogP contribution is -2.43. The number of fused-ring (bicyclic) bond motifs is 1. The molecule has 0 fully saturated rings. The van der Waals surface area contributed by atoms with Crippen LogP contribution in [-0.4, -0.2) is 16.0 Å². The van der Waals surface area contributed by atoms with Crippen LogP contribution >= 0.6 is 11.6 Å². The first kappa shape index (κ1) is 15.5. The van der Waals surface area contributed by atoms with E-state index < -0.39 is 11.5 Å². The number of pyridine rings is 1. The Balaban J connectivity index is 2.09. The third kappa shape index (κ3) is 2.91. The molecule has 0 aliphatic rings. The number of rotatable bonds is 4. The van der Waals surface area contributed by atoms with Crippen LogP contribution in [0.3, 0.4) is 0 Å². The summed E-state index contributed by atoms with van der Waals surface area (Å²) < 4.78 is 0. The van der Waals surface area contributed by atoms with Crippen LogP contribution in [0.4, 0.5) is 0 Å². The van der Waals surface area contributed by atoms with Gasteiger partial charge in [0.1, 0.15) is 0 Å². The Morgan fingerprint density at radius 3 is 2.70 bits per heavy atom. The van der Waals surface area contributed by atoms with Crippen molar-refractivity contribution < 1.29 is 9.90 Å². The molecule has 0 spiro atoms. The molecule has 4 nitrogen and oxygen atoms in total. The van der Waals surface area contributed by atoms with Crippen LogP contribution in [0.1, 0.15) is 11.1 Å². The summed E-state index contributed by atoms with van der Waals surface area (Å²) in [6, 6.07) is 16.0. The van der Waals surface area contributed by atoms with Crippen LogP contribution in [0.15, 0.2) is 60.8 Å². The highest BCUT2D eigenvalue weighted by atomic mass is 35.5. The van der Waals surface area contributed by atoms with E-state index in [9.17, 15) is 9.90 Å². The van der Waals surface area contributed by atoms with E-state index in [1.54, 1.807) is 48.7 Å². The fourth-order valence-corrected chi connectivity index (χ4v) is 2.78. The summed E-state index contributed by atoms with van der Waals surface area (Å²) in [5, 5.41) is 12.3. The van der Waals surface area contributed by atoms with Crippen molar-refractivity contribution in [3.05, 3.63) is 76.9 Å². The minimum absolute atomic E-state index is 0.000344. The van der Waals surface area contributed by atoms with Crippen molar-refractivity contribution in [3.8, 4) is 0 Å². The van der Waals surface area contributed by atoms with Crippen LogP contribution in [0, 0.1) is 0 Å². The number of primary amides is 1. The molecule has 0 saturated heterocycles. The molecule has 0 saturated carbocycles. The van der Waals surface area contributed by atoms with Gasteiger partial charge in [0, 0.05) is 23.0 Å². The third-order valence-corrected chi connectivity index (χ3v) is 4.26. The number of nitrogens with zero attached hydrogens (tertiary/aromatic N) is 1. The number of carbonyl (C=O) groups is 1. The summed E-state index contributed by atoms with van der Waals surface area (Å²) in [4.78, 5) is 16.2.